The van der Waals surface area contributed by atoms with Crippen molar-refractivity contribution < 1.29 is 5.11 Å². The molecule has 1 aliphatic rings. The molecule has 0 saturated heterocycles. The van der Waals surface area contributed by atoms with Gasteiger partial charge in [0.2, 0.25) is 0 Å². The molecule has 0 spiro atoms. The molecule has 19 heavy (non-hydrogen) atoms. The molecule has 1 aromatic carbocycles. The fraction of sp³-hybridized carbons (Fsp3) is 0.647. The van der Waals surface area contributed by atoms with E-state index in [9.17, 15) is 5.11 Å². The molecule has 1 aromatic rings. The van der Waals surface area contributed by atoms with Crippen molar-refractivity contribution in [2.75, 3.05) is 6.61 Å². The van der Waals surface area contributed by atoms with Crippen molar-refractivity contribution in [3.63, 3.8) is 0 Å². The number of hydrogen-bond donors (Lipinski definition) is 2. The van der Waals surface area contributed by atoms with Gasteiger partial charge in [0.25, 0.3) is 0 Å². The third kappa shape index (κ3) is 4.05. The summed E-state index contributed by atoms with van der Waals surface area (Å²) in [6, 6.07) is 10.5. The summed E-state index contributed by atoms with van der Waals surface area (Å²) in [6.45, 7) is 3.39. The molecule has 2 heteroatoms. The first-order valence-electron chi connectivity index (χ1n) is 7.68. The summed E-state index contributed by atoms with van der Waals surface area (Å²) in [5.74, 6) is 0.878. The number of benzene rings is 1. The second-order valence-electron chi connectivity index (χ2n) is 6.01. The van der Waals surface area contributed by atoms with Crippen LogP contribution in [-0.4, -0.2) is 17.3 Å². The third-order valence-electron chi connectivity index (χ3n) is 4.57. The van der Waals surface area contributed by atoms with Crippen molar-refractivity contribution in [2.24, 2.45) is 5.92 Å². The van der Waals surface area contributed by atoms with Gasteiger partial charge in [-0.2, -0.15) is 0 Å². The number of nitrogens with one attached hydrogen (secondary N) is 1. The van der Waals surface area contributed by atoms with Crippen LogP contribution in [0.3, 0.4) is 0 Å². The smallest absolute Gasteiger partial charge is 0.0613 e. The first-order chi connectivity index (χ1) is 9.28. The van der Waals surface area contributed by atoms with E-state index in [4.69, 9.17) is 0 Å². The van der Waals surface area contributed by atoms with Crippen LogP contribution in [0.4, 0.5) is 0 Å². The van der Waals surface area contributed by atoms with Crippen LogP contribution in [0.25, 0.3) is 0 Å². The van der Waals surface area contributed by atoms with Crippen LogP contribution in [0, 0.1) is 5.92 Å². The minimum Gasteiger partial charge on any atom is -0.394 e. The summed E-state index contributed by atoms with van der Waals surface area (Å²) in [5, 5.41) is 13.4. The van der Waals surface area contributed by atoms with Gasteiger partial charge in [0, 0.05) is 12.1 Å². The van der Waals surface area contributed by atoms with Crippen LogP contribution in [0.15, 0.2) is 30.3 Å². The molecule has 2 N–H and O–H groups in total. The van der Waals surface area contributed by atoms with Gasteiger partial charge < -0.3 is 10.4 Å². The van der Waals surface area contributed by atoms with E-state index in [1.165, 1.54) is 31.2 Å². The molecular formula is C17H27NO. The van der Waals surface area contributed by atoms with Crippen LogP contribution < -0.4 is 5.32 Å². The first kappa shape index (κ1) is 14.5. The molecule has 1 aliphatic carbocycles. The lowest BCUT2D eigenvalue weighted by Gasteiger charge is -2.40. The van der Waals surface area contributed by atoms with Gasteiger partial charge in [-0.3, -0.25) is 0 Å². The molecule has 0 unspecified atom stereocenters. The van der Waals surface area contributed by atoms with E-state index in [-0.39, 0.29) is 12.1 Å². The third-order valence-corrected chi connectivity index (χ3v) is 4.57. The Bertz CT molecular complexity index is 355. The highest BCUT2D eigenvalue weighted by Crippen LogP contribution is 2.34. The largest absolute Gasteiger partial charge is 0.394 e. The normalized spacial score (nSPS) is 27.4. The zero-order valence-electron chi connectivity index (χ0n) is 12.1. The maximum Gasteiger partial charge on any atom is 0.0613 e. The van der Waals surface area contributed by atoms with E-state index >= 15 is 0 Å². The van der Waals surface area contributed by atoms with Gasteiger partial charge in [-0.15, -0.1) is 0 Å². The van der Waals surface area contributed by atoms with Gasteiger partial charge >= 0.3 is 0 Å². The second-order valence-corrected chi connectivity index (χ2v) is 6.01. The van der Waals surface area contributed by atoms with E-state index in [2.05, 4.69) is 36.5 Å². The molecular weight excluding hydrogens is 234 g/mol. The highest BCUT2D eigenvalue weighted by molar-refractivity contribution is 5.14. The molecule has 2 rings (SSSR count). The van der Waals surface area contributed by atoms with Gasteiger partial charge in [-0.05, 0) is 37.2 Å². The van der Waals surface area contributed by atoms with E-state index in [0.29, 0.717) is 0 Å². The molecule has 106 valence electrons. The quantitative estimate of drug-likeness (QED) is 0.821. The van der Waals surface area contributed by atoms with Crippen molar-refractivity contribution >= 4 is 0 Å². The Balaban J connectivity index is 1.86. The summed E-state index contributed by atoms with van der Waals surface area (Å²) in [4.78, 5) is 0. The van der Waals surface area contributed by atoms with Gasteiger partial charge in [0.1, 0.15) is 0 Å². The van der Waals surface area contributed by atoms with Gasteiger partial charge in [0.05, 0.1) is 6.61 Å². The summed E-state index contributed by atoms with van der Waals surface area (Å²) >= 11 is 0. The standard InChI is InChI=1S/C17H27NO/c1-2-6-15-9-11-17(14-19,12-10-15)18-13-16-7-4-3-5-8-16/h3-5,7-8,15,18-19H,2,6,9-14H2,1H3. The van der Waals surface area contributed by atoms with E-state index in [1.807, 2.05) is 6.07 Å². The predicted octanol–water partition coefficient (Wildman–Crippen LogP) is 3.50. The topological polar surface area (TPSA) is 32.3 Å². The van der Waals surface area contributed by atoms with Gasteiger partial charge in [-0.25, -0.2) is 0 Å². The Morgan fingerprint density at radius 3 is 2.47 bits per heavy atom. The molecule has 0 radical (unpaired) electrons. The zero-order chi connectivity index (χ0) is 13.6. The summed E-state index contributed by atoms with van der Waals surface area (Å²) in [7, 11) is 0. The minimum absolute atomic E-state index is 0.0416. The minimum atomic E-state index is -0.0416. The average molecular weight is 261 g/mol. The summed E-state index contributed by atoms with van der Waals surface area (Å²) in [6.07, 6.45) is 7.38. The SMILES string of the molecule is CCCC1CCC(CO)(NCc2ccccc2)CC1. The van der Waals surface area contributed by atoms with Crippen molar-refractivity contribution in [1.29, 1.82) is 0 Å². The average Bonchev–Trinajstić information content (AvgIpc) is 2.48. The summed E-state index contributed by atoms with van der Waals surface area (Å²) in [5.41, 5.74) is 1.26. The number of aliphatic hydroxyl groups is 1. The fourth-order valence-corrected chi connectivity index (χ4v) is 3.20. The highest BCUT2D eigenvalue weighted by Gasteiger charge is 2.33. The molecule has 0 atom stereocenters. The van der Waals surface area contributed by atoms with E-state index < -0.39 is 0 Å². The Hall–Kier alpha value is -0.860. The van der Waals surface area contributed by atoms with E-state index in [0.717, 1.165) is 25.3 Å². The molecule has 1 fully saturated rings. The molecule has 0 heterocycles. The molecule has 0 amide bonds. The highest BCUT2D eigenvalue weighted by atomic mass is 16.3. The molecule has 1 saturated carbocycles. The lowest BCUT2D eigenvalue weighted by Crippen LogP contribution is -2.50. The van der Waals surface area contributed by atoms with E-state index in [1.54, 1.807) is 0 Å². The number of rotatable bonds is 6. The maximum atomic E-state index is 9.77. The van der Waals surface area contributed by atoms with Crippen LogP contribution >= 0.6 is 0 Å². The monoisotopic (exact) mass is 261 g/mol. The zero-order valence-corrected chi connectivity index (χ0v) is 12.1. The Labute approximate surface area is 117 Å². The lowest BCUT2D eigenvalue weighted by atomic mass is 9.75. The van der Waals surface area contributed by atoms with Gasteiger partial charge in [-0.1, -0.05) is 50.1 Å². The predicted molar refractivity (Wildman–Crippen MR) is 80.0 cm³/mol. The molecule has 2 nitrogen and oxygen atoms in total. The Kier molecular flexibility index (Phi) is 5.41. The maximum absolute atomic E-state index is 9.77. The van der Waals surface area contributed by atoms with Crippen LogP contribution in [0.2, 0.25) is 0 Å². The van der Waals surface area contributed by atoms with Crippen molar-refractivity contribution in [1.82, 2.24) is 5.32 Å². The molecule has 0 bridgehead atoms. The van der Waals surface area contributed by atoms with Gasteiger partial charge in [0.15, 0.2) is 0 Å². The van der Waals surface area contributed by atoms with Crippen LogP contribution in [-0.2, 0) is 6.54 Å². The lowest BCUT2D eigenvalue weighted by molar-refractivity contribution is 0.0985. The number of hydrogen-bond acceptors (Lipinski definition) is 2. The van der Waals surface area contributed by atoms with Crippen molar-refractivity contribution in [3.8, 4) is 0 Å². The summed E-state index contributed by atoms with van der Waals surface area (Å²) < 4.78 is 0. The molecule has 0 aromatic heterocycles. The van der Waals surface area contributed by atoms with Crippen LogP contribution in [0.1, 0.15) is 51.0 Å². The second kappa shape index (κ2) is 7.06. The van der Waals surface area contributed by atoms with Crippen molar-refractivity contribution in [2.45, 2.75) is 57.5 Å². The van der Waals surface area contributed by atoms with Crippen molar-refractivity contribution in [3.05, 3.63) is 35.9 Å². The van der Waals surface area contributed by atoms with Crippen LogP contribution in [0.5, 0.6) is 0 Å². The first-order valence-corrected chi connectivity index (χ1v) is 7.68. The Morgan fingerprint density at radius 1 is 1.21 bits per heavy atom. The number of aliphatic hydroxyl groups excluding tert-OH is 1. The fourth-order valence-electron chi connectivity index (χ4n) is 3.20. The molecule has 0 aliphatic heterocycles. The Morgan fingerprint density at radius 2 is 1.89 bits per heavy atom.